The predicted octanol–water partition coefficient (Wildman–Crippen LogP) is 3.48. The van der Waals surface area contributed by atoms with E-state index in [1.807, 2.05) is 56.3 Å². The summed E-state index contributed by atoms with van der Waals surface area (Å²) < 4.78 is 0. The van der Waals surface area contributed by atoms with Crippen LogP contribution < -0.4 is 0 Å². The Balaban J connectivity index is 2.05. The van der Waals surface area contributed by atoms with Gasteiger partial charge in [0.15, 0.2) is 0 Å². The zero-order chi connectivity index (χ0) is 14.1. The van der Waals surface area contributed by atoms with Crippen LogP contribution in [0, 0.1) is 13.8 Å². The van der Waals surface area contributed by atoms with Gasteiger partial charge in [-0.3, -0.25) is 9.78 Å². The Hall–Kier alpha value is -2.55. The highest BCUT2D eigenvalue weighted by molar-refractivity contribution is 6.08. The van der Waals surface area contributed by atoms with Gasteiger partial charge in [-0.2, -0.15) is 0 Å². The van der Waals surface area contributed by atoms with Crippen molar-refractivity contribution in [2.24, 2.45) is 0 Å². The summed E-state index contributed by atoms with van der Waals surface area (Å²) in [6.45, 7) is 4.03. The van der Waals surface area contributed by atoms with Gasteiger partial charge in [-0.25, -0.2) is 4.98 Å². The van der Waals surface area contributed by atoms with Crippen molar-refractivity contribution >= 4 is 16.8 Å². The Labute approximate surface area is 117 Å². The number of para-hydroxylation sites is 2. The van der Waals surface area contributed by atoms with E-state index in [9.17, 15) is 4.79 Å². The van der Waals surface area contributed by atoms with Crippen LogP contribution in [0.25, 0.3) is 11.0 Å². The Morgan fingerprint density at radius 1 is 0.950 bits per heavy atom. The second-order valence-corrected chi connectivity index (χ2v) is 4.87. The van der Waals surface area contributed by atoms with Gasteiger partial charge < -0.3 is 0 Å². The molecule has 3 aromatic rings. The molecule has 0 saturated heterocycles. The number of aromatic nitrogens is 2. The van der Waals surface area contributed by atoms with Crippen molar-refractivity contribution in [3.05, 3.63) is 71.0 Å². The molecule has 2 aromatic carbocycles. The third-order valence-electron chi connectivity index (χ3n) is 3.45. The van der Waals surface area contributed by atoms with Crippen molar-refractivity contribution in [1.29, 1.82) is 0 Å². The minimum absolute atomic E-state index is 0.0913. The summed E-state index contributed by atoms with van der Waals surface area (Å²) in [6, 6.07) is 13.2. The summed E-state index contributed by atoms with van der Waals surface area (Å²) in [5.74, 6) is -0.0913. The van der Waals surface area contributed by atoms with Crippen LogP contribution >= 0.6 is 0 Å². The summed E-state index contributed by atoms with van der Waals surface area (Å²) in [7, 11) is 0. The number of fused-ring (bicyclic) bond motifs is 1. The fraction of sp³-hybridized carbons (Fsp3) is 0.118. The van der Waals surface area contributed by atoms with E-state index in [1.165, 1.54) is 5.56 Å². The summed E-state index contributed by atoms with van der Waals surface area (Å²) in [4.78, 5) is 21.1. The van der Waals surface area contributed by atoms with Gasteiger partial charge in [-0.15, -0.1) is 0 Å². The van der Waals surface area contributed by atoms with Crippen LogP contribution in [-0.2, 0) is 0 Å². The third-order valence-corrected chi connectivity index (χ3v) is 3.45. The quantitative estimate of drug-likeness (QED) is 0.664. The van der Waals surface area contributed by atoms with Gasteiger partial charge in [0, 0.05) is 5.56 Å². The van der Waals surface area contributed by atoms with Crippen molar-refractivity contribution in [3.63, 3.8) is 0 Å². The van der Waals surface area contributed by atoms with E-state index in [0.717, 1.165) is 16.6 Å². The molecule has 1 aromatic heterocycles. The molecule has 0 bridgehead atoms. The first-order valence-electron chi connectivity index (χ1n) is 6.49. The lowest BCUT2D eigenvalue weighted by molar-refractivity contribution is 0.103. The summed E-state index contributed by atoms with van der Waals surface area (Å²) >= 11 is 0. The molecule has 20 heavy (non-hydrogen) atoms. The van der Waals surface area contributed by atoms with Gasteiger partial charge in [0.05, 0.1) is 17.2 Å². The van der Waals surface area contributed by atoms with Crippen LogP contribution in [0.4, 0.5) is 0 Å². The smallest absolute Gasteiger partial charge is 0.212 e. The molecule has 0 spiro atoms. The number of hydrogen-bond donors (Lipinski definition) is 0. The number of rotatable bonds is 2. The Bertz CT molecular complexity index is 809. The number of ketones is 1. The molecule has 0 atom stereocenters. The highest BCUT2D eigenvalue weighted by atomic mass is 16.1. The van der Waals surface area contributed by atoms with E-state index in [1.54, 1.807) is 6.20 Å². The van der Waals surface area contributed by atoms with E-state index in [4.69, 9.17) is 0 Å². The lowest BCUT2D eigenvalue weighted by Gasteiger charge is -2.05. The zero-order valence-corrected chi connectivity index (χ0v) is 11.4. The fourth-order valence-electron chi connectivity index (χ4n) is 2.10. The van der Waals surface area contributed by atoms with Crippen LogP contribution in [0.3, 0.4) is 0 Å². The Morgan fingerprint density at radius 2 is 1.70 bits per heavy atom. The normalized spacial score (nSPS) is 10.7. The molecule has 0 amide bonds. The van der Waals surface area contributed by atoms with Gasteiger partial charge in [-0.05, 0) is 43.2 Å². The van der Waals surface area contributed by atoms with Crippen LogP contribution in [0.1, 0.15) is 27.2 Å². The van der Waals surface area contributed by atoms with E-state index >= 15 is 0 Å². The summed E-state index contributed by atoms with van der Waals surface area (Å²) in [6.07, 6.45) is 1.54. The molecule has 3 nitrogen and oxygen atoms in total. The van der Waals surface area contributed by atoms with Crippen LogP contribution in [-0.4, -0.2) is 15.8 Å². The SMILES string of the molecule is Cc1ccc(C(=O)c2cnc3ccccc3n2)cc1C. The van der Waals surface area contributed by atoms with E-state index in [2.05, 4.69) is 9.97 Å². The minimum atomic E-state index is -0.0913. The highest BCUT2D eigenvalue weighted by Crippen LogP contribution is 2.15. The lowest BCUT2D eigenvalue weighted by atomic mass is 10.0. The van der Waals surface area contributed by atoms with Crippen LogP contribution in [0.5, 0.6) is 0 Å². The molecular formula is C17H14N2O. The molecule has 0 aliphatic carbocycles. The van der Waals surface area contributed by atoms with Gasteiger partial charge in [0.2, 0.25) is 5.78 Å². The maximum absolute atomic E-state index is 12.5. The maximum Gasteiger partial charge on any atom is 0.212 e. The average Bonchev–Trinajstić information content (AvgIpc) is 2.49. The first-order valence-corrected chi connectivity index (χ1v) is 6.49. The molecule has 0 N–H and O–H groups in total. The minimum Gasteiger partial charge on any atom is -0.287 e. The number of hydrogen-bond acceptors (Lipinski definition) is 3. The van der Waals surface area contributed by atoms with Crippen molar-refractivity contribution in [1.82, 2.24) is 9.97 Å². The summed E-state index contributed by atoms with van der Waals surface area (Å²) in [5.41, 5.74) is 4.84. The second kappa shape index (κ2) is 4.85. The molecule has 0 unspecified atom stereocenters. The van der Waals surface area contributed by atoms with Crippen LogP contribution in [0.2, 0.25) is 0 Å². The molecule has 1 heterocycles. The van der Waals surface area contributed by atoms with E-state index in [-0.39, 0.29) is 5.78 Å². The van der Waals surface area contributed by atoms with Crippen molar-refractivity contribution in [3.8, 4) is 0 Å². The van der Waals surface area contributed by atoms with Crippen molar-refractivity contribution in [2.45, 2.75) is 13.8 Å². The standard InChI is InChI=1S/C17H14N2O/c1-11-7-8-13(9-12(11)2)17(20)16-10-18-14-5-3-4-6-15(14)19-16/h3-10H,1-2H3. The number of benzene rings is 2. The van der Waals surface area contributed by atoms with Crippen LogP contribution in [0.15, 0.2) is 48.7 Å². The maximum atomic E-state index is 12.5. The van der Waals surface area contributed by atoms with Crippen molar-refractivity contribution in [2.75, 3.05) is 0 Å². The van der Waals surface area contributed by atoms with Gasteiger partial charge >= 0.3 is 0 Å². The lowest BCUT2D eigenvalue weighted by Crippen LogP contribution is -2.05. The van der Waals surface area contributed by atoms with Crippen molar-refractivity contribution < 1.29 is 4.79 Å². The molecule has 0 radical (unpaired) electrons. The Kier molecular flexibility index (Phi) is 3.03. The molecule has 0 fully saturated rings. The molecule has 98 valence electrons. The first kappa shape index (κ1) is 12.5. The van der Waals surface area contributed by atoms with Gasteiger partial charge in [0.1, 0.15) is 5.69 Å². The predicted molar refractivity (Wildman–Crippen MR) is 78.9 cm³/mol. The monoisotopic (exact) mass is 262 g/mol. The number of aryl methyl sites for hydroxylation is 2. The molecule has 0 aliphatic rings. The number of carbonyl (C=O) groups excluding carboxylic acids is 1. The Morgan fingerprint density at radius 3 is 2.45 bits per heavy atom. The van der Waals surface area contributed by atoms with E-state index in [0.29, 0.717) is 11.3 Å². The topological polar surface area (TPSA) is 42.9 Å². The van der Waals surface area contributed by atoms with E-state index < -0.39 is 0 Å². The largest absolute Gasteiger partial charge is 0.287 e. The zero-order valence-electron chi connectivity index (χ0n) is 11.4. The number of carbonyl (C=O) groups is 1. The fourth-order valence-corrected chi connectivity index (χ4v) is 2.10. The molecule has 0 saturated carbocycles. The highest BCUT2D eigenvalue weighted by Gasteiger charge is 2.12. The molecular weight excluding hydrogens is 248 g/mol. The molecule has 0 aliphatic heterocycles. The van der Waals surface area contributed by atoms with Gasteiger partial charge in [-0.1, -0.05) is 24.3 Å². The number of nitrogens with zero attached hydrogens (tertiary/aromatic N) is 2. The molecule has 3 heteroatoms. The van der Waals surface area contributed by atoms with Gasteiger partial charge in [0.25, 0.3) is 0 Å². The first-order chi connectivity index (χ1) is 9.65. The average molecular weight is 262 g/mol. The summed E-state index contributed by atoms with van der Waals surface area (Å²) in [5, 5.41) is 0. The third kappa shape index (κ3) is 2.18. The molecule has 3 rings (SSSR count). The second-order valence-electron chi connectivity index (χ2n) is 4.87.